The first-order valence-electron chi connectivity index (χ1n) is 11.2. The highest BCUT2D eigenvalue weighted by molar-refractivity contribution is 5.97. The molecule has 2 amide bonds. The van der Waals surface area contributed by atoms with Gasteiger partial charge >= 0.3 is 0 Å². The lowest BCUT2D eigenvalue weighted by atomic mass is 9.67. The quantitative estimate of drug-likeness (QED) is 0.409. The van der Waals surface area contributed by atoms with E-state index >= 15 is 0 Å². The Morgan fingerprint density at radius 1 is 1.26 bits per heavy atom. The average molecular weight is 430 g/mol. The van der Waals surface area contributed by atoms with E-state index in [1.54, 1.807) is 12.0 Å². The zero-order valence-electron chi connectivity index (χ0n) is 18.7. The highest BCUT2D eigenvalue weighted by atomic mass is 16.5. The number of nitrogens with zero attached hydrogens (tertiary/aromatic N) is 2. The van der Waals surface area contributed by atoms with E-state index in [9.17, 15) is 9.59 Å². The first kappa shape index (κ1) is 23.1. The second-order valence-electron chi connectivity index (χ2n) is 8.42. The zero-order chi connectivity index (χ0) is 22.1. The number of carbonyl (C=O) groups excluding carboxylic acids is 2. The molecule has 3 N–H and O–H groups in total. The molecule has 1 saturated heterocycles. The summed E-state index contributed by atoms with van der Waals surface area (Å²) < 4.78 is 5.28. The van der Waals surface area contributed by atoms with Gasteiger partial charge in [0.15, 0.2) is 5.96 Å². The van der Waals surface area contributed by atoms with E-state index in [4.69, 9.17) is 9.73 Å². The number of aliphatic imine (C=N–C) groups is 1. The molecule has 8 nitrogen and oxygen atoms in total. The smallest absolute Gasteiger partial charge is 0.254 e. The summed E-state index contributed by atoms with van der Waals surface area (Å²) in [5.74, 6) is 0.590. The maximum Gasteiger partial charge on any atom is 0.254 e. The topological polar surface area (TPSA) is 95.1 Å². The number of nitrogens with one attached hydrogen (secondary N) is 3. The molecule has 0 aromatic heterocycles. The van der Waals surface area contributed by atoms with Crippen molar-refractivity contribution in [2.24, 2.45) is 10.4 Å². The van der Waals surface area contributed by atoms with Crippen molar-refractivity contribution in [1.29, 1.82) is 0 Å². The Morgan fingerprint density at radius 2 is 2.03 bits per heavy atom. The van der Waals surface area contributed by atoms with Crippen LogP contribution in [0.25, 0.3) is 0 Å². The van der Waals surface area contributed by atoms with Crippen molar-refractivity contribution >= 4 is 17.8 Å². The summed E-state index contributed by atoms with van der Waals surface area (Å²) in [5.41, 5.74) is 1.94. The van der Waals surface area contributed by atoms with Gasteiger partial charge in [-0.2, -0.15) is 0 Å². The minimum atomic E-state index is -0.111. The van der Waals surface area contributed by atoms with Crippen molar-refractivity contribution in [3.05, 3.63) is 35.4 Å². The minimum Gasteiger partial charge on any atom is -0.385 e. The summed E-state index contributed by atoms with van der Waals surface area (Å²) in [7, 11) is 1.76. The first-order valence-corrected chi connectivity index (χ1v) is 11.2. The molecule has 8 heteroatoms. The summed E-state index contributed by atoms with van der Waals surface area (Å²) in [5, 5.41) is 9.56. The summed E-state index contributed by atoms with van der Waals surface area (Å²) in [6, 6.07) is 7.48. The zero-order valence-corrected chi connectivity index (χ0v) is 18.7. The Hall–Kier alpha value is -2.61. The number of methoxy groups -OCH3 is 1. The molecule has 1 aliphatic heterocycles. The first-order chi connectivity index (χ1) is 15.0. The number of carbonyl (C=O) groups is 2. The van der Waals surface area contributed by atoms with E-state index in [0.29, 0.717) is 30.6 Å². The van der Waals surface area contributed by atoms with Crippen LogP contribution in [0.1, 0.15) is 48.5 Å². The van der Waals surface area contributed by atoms with Crippen LogP contribution in [0.4, 0.5) is 0 Å². The van der Waals surface area contributed by atoms with Crippen LogP contribution in [0, 0.1) is 5.41 Å². The fourth-order valence-electron chi connectivity index (χ4n) is 4.04. The van der Waals surface area contributed by atoms with E-state index in [2.05, 4.69) is 22.9 Å². The van der Waals surface area contributed by atoms with Crippen LogP contribution < -0.4 is 16.0 Å². The van der Waals surface area contributed by atoms with Gasteiger partial charge in [-0.3, -0.25) is 9.59 Å². The number of hydrogen-bond donors (Lipinski definition) is 3. The number of benzene rings is 1. The SMILES string of the molecule is CCNC(=NCc1ccc(C(=O)N2CCNC(=O)C2)cc1)NCC1(CCOC)CCC1. The van der Waals surface area contributed by atoms with Gasteiger partial charge < -0.3 is 25.6 Å². The van der Waals surface area contributed by atoms with Crippen LogP contribution in [-0.2, 0) is 16.1 Å². The average Bonchev–Trinajstić information content (AvgIpc) is 2.76. The molecule has 0 radical (unpaired) electrons. The van der Waals surface area contributed by atoms with Crippen molar-refractivity contribution in [2.45, 2.75) is 39.2 Å². The van der Waals surface area contributed by atoms with Crippen LogP contribution in [0.15, 0.2) is 29.3 Å². The van der Waals surface area contributed by atoms with Crippen molar-refractivity contribution in [1.82, 2.24) is 20.9 Å². The second-order valence-corrected chi connectivity index (χ2v) is 8.42. The second kappa shape index (κ2) is 11.1. The number of guanidine groups is 1. The summed E-state index contributed by atoms with van der Waals surface area (Å²) in [6.07, 6.45) is 4.82. The molecule has 2 aliphatic rings. The van der Waals surface area contributed by atoms with Gasteiger partial charge in [0, 0.05) is 45.5 Å². The Balaban J connectivity index is 1.55. The predicted molar refractivity (Wildman–Crippen MR) is 121 cm³/mol. The Kier molecular flexibility index (Phi) is 8.28. The third kappa shape index (κ3) is 6.43. The predicted octanol–water partition coefficient (Wildman–Crippen LogP) is 1.52. The van der Waals surface area contributed by atoms with Gasteiger partial charge in [0.05, 0.1) is 13.1 Å². The molecule has 1 heterocycles. The van der Waals surface area contributed by atoms with Crippen molar-refractivity contribution < 1.29 is 14.3 Å². The van der Waals surface area contributed by atoms with Crippen molar-refractivity contribution in [3.8, 4) is 0 Å². The van der Waals surface area contributed by atoms with Gasteiger partial charge in [-0.1, -0.05) is 18.6 Å². The Morgan fingerprint density at radius 3 is 2.65 bits per heavy atom. The van der Waals surface area contributed by atoms with Crippen LogP contribution in [-0.4, -0.2) is 69.1 Å². The largest absolute Gasteiger partial charge is 0.385 e. The molecule has 31 heavy (non-hydrogen) atoms. The van der Waals surface area contributed by atoms with E-state index in [1.165, 1.54) is 19.3 Å². The van der Waals surface area contributed by atoms with Gasteiger partial charge in [0.1, 0.15) is 0 Å². The van der Waals surface area contributed by atoms with Crippen molar-refractivity contribution in [2.75, 3.05) is 46.4 Å². The van der Waals surface area contributed by atoms with Gasteiger partial charge in [0.25, 0.3) is 5.91 Å². The molecule has 0 spiro atoms. The van der Waals surface area contributed by atoms with Gasteiger partial charge in [0.2, 0.25) is 5.91 Å². The molecule has 0 bridgehead atoms. The molecule has 1 aliphatic carbocycles. The van der Waals surface area contributed by atoms with E-state index < -0.39 is 0 Å². The lowest BCUT2D eigenvalue weighted by Crippen LogP contribution is -2.49. The molecule has 170 valence electrons. The van der Waals surface area contributed by atoms with E-state index in [0.717, 1.165) is 37.6 Å². The molecule has 1 aromatic carbocycles. The number of rotatable bonds is 9. The minimum absolute atomic E-state index is 0.109. The molecular formula is C23H35N5O3. The standard InChI is InChI=1S/C23H35N5O3/c1-3-24-22(27-17-23(9-4-10-23)11-14-31-2)26-15-18-5-7-19(8-6-18)21(30)28-13-12-25-20(29)16-28/h5-8H,3-4,9-17H2,1-2H3,(H,25,29)(H2,24,26,27). The number of ether oxygens (including phenoxy) is 1. The lowest BCUT2D eigenvalue weighted by Gasteiger charge is -2.42. The normalized spacial score (nSPS) is 18.2. The third-order valence-electron chi connectivity index (χ3n) is 6.17. The fourth-order valence-corrected chi connectivity index (χ4v) is 4.04. The lowest BCUT2D eigenvalue weighted by molar-refractivity contribution is -0.123. The summed E-state index contributed by atoms with van der Waals surface area (Å²) in [4.78, 5) is 30.4. The van der Waals surface area contributed by atoms with E-state index in [-0.39, 0.29) is 18.4 Å². The fraction of sp³-hybridized carbons (Fsp3) is 0.609. The van der Waals surface area contributed by atoms with Gasteiger partial charge in [-0.25, -0.2) is 4.99 Å². The van der Waals surface area contributed by atoms with E-state index in [1.807, 2.05) is 24.3 Å². The highest BCUT2D eigenvalue weighted by Gasteiger charge is 2.36. The molecule has 1 saturated carbocycles. The number of hydrogen-bond acceptors (Lipinski definition) is 4. The maximum absolute atomic E-state index is 12.6. The van der Waals surface area contributed by atoms with Crippen LogP contribution in [0.5, 0.6) is 0 Å². The van der Waals surface area contributed by atoms with Crippen LogP contribution >= 0.6 is 0 Å². The molecular weight excluding hydrogens is 394 g/mol. The Bertz CT molecular complexity index is 774. The maximum atomic E-state index is 12.6. The monoisotopic (exact) mass is 429 g/mol. The van der Waals surface area contributed by atoms with Gasteiger partial charge in [-0.05, 0) is 49.3 Å². The van der Waals surface area contributed by atoms with Crippen molar-refractivity contribution in [3.63, 3.8) is 0 Å². The summed E-state index contributed by atoms with van der Waals surface area (Å²) >= 11 is 0. The van der Waals surface area contributed by atoms with Crippen LogP contribution in [0.3, 0.4) is 0 Å². The summed E-state index contributed by atoms with van der Waals surface area (Å²) in [6.45, 7) is 6.25. The molecule has 0 unspecified atom stereocenters. The third-order valence-corrected chi connectivity index (χ3v) is 6.17. The van der Waals surface area contributed by atoms with Crippen LogP contribution in [0.2, 0.25) is 0 Å². The number of piperazine rings is 1. The number of amides is 2. The molecule has 0 atom stereocenters. The highest BCUT2D eigenvalue weighted by Crippen LogP contribution is 2.43. The molecule has 3 rings (SSSR count). The Labute approximate surface area is 184 Å². The molecule has 1 aromatic rings. The van der Waals surface area contributed by atoms with Gasteiger partial charge in [-0.15, -0.1) is 0 Å². The molecule has 2 fully saturated rings.